The van der Waals surface area contributed by atoms with Crippen LogP contribution in [0.5, 0.6) is 0 Å². The molecule has 1 aliphatic carbocycles. The number of aromatic nitrogens is 4. The Kier molecular flexibility index (Phi) is 3.12. The quantitative estimate of drug-likeness (QED) is 0.845. The first-order valence-electron chi connectivity index (χ1n) is 6.13. The maximum Gasteiger partial charge on any atom is 0.240 e. The van der Waals surface area contributed by atoms with Crippen LogP contribution in [0.1, 0.15) is 46.0 Å². The van der Waals surface area contributed by atoms with E-state index in [1.54, 1.807) is 4.68 Å². The van der Waals surface area contributed by atoms with Crippen molar-refractivity contribution in [2.24, 2.45) is 11.3 Å². The molecule has 0 amide bonds. The maximum absolute atomic E-state index is 5.74. The van der Waals surface area contributed by atoms with Crippen molar-refractivity contribution in [3.63, 3.8) is 0 Å². The molecule has 0 spiro atoms. The van der Waals surface area contributed by atoms with Gasteiger partial charge in [-0.2, -0.15) is 0 Å². The Morgan fingerprint density at radius 3 is 2.56 bits per heavy atom. The maximum atomic E-state index is 5.74. The molecule has 0 aliphatic heterocycles. The predicted molar refractivity (Wildman–Crippen MR) is 62.6 cm³/mol. The second kappa shape index (κ2) is 4.39. The van der Waals surface area contributed by atoms with Gasteiger partial charge in [0, 0.05) is 0 Å². The fourth-order valence-electron chi connectivity index (χ4n) is 3.06. The fourth-order valence-corrected chi connectivity index (χ4v) is 3.06. The normalized spacial score (nSPS) is 19.4. The van der Waals surface area contributed by atoms with E-state index in [1.165, 1.54) is 32.1 Å². The minimum Gasteiger partial charge on any atom is -0.367 e. The Morgan fingerprint density at radius 2 is 2.06 bits per heavy atom. The number of nitrogens with zero attached hydrogens (tertiary/aromatic N) is 4. The van der Waals surface area contributed by atoms with E-state index in [-0.39, 0.29) is 0 Å². The van der Waals surface area contributed by atoms with Crippen LogP contribution >= 0.6 is 0 Å². The lowest BCUT2D eigenvalue weighted by atomic mass is 9.78. The zero-order chi connectivity index (χ0) is 11.6. The zero-order valence-electron chi connectivity index (χ0n) is 10.2. The summed E-state index contributed by atoms with van der Waals surface area (Å²) in [6.45, 7) is 5.44. The first-order valence-corrected chi connectivity index (χ1v) is 6.13. The van der Waals surface area contributed by atoms with E-state index in [0.29, 0.717) is 11.4 Å². The molecule has 0 aromatic carbocycles. The molecule has 0 radical (unpaired) electrons. The topological polar surface area (TPSA) is 69.6 Å². The van der Waals surface area contributed by atoms with Gasteiger partial charge in [0.2, 0.25) is 5.95 Å². The first kappa shape index (κ1) is 11.4. The van der Waals surface area contributed by atoms with Crippen LogP contribution < -0.4 is 5.73 Å². The smallest absolute Gasteiger partial charge is 0.240 e. The van der Waals surface area contributed by atoms with E-state index in [9.17, 15) is 0 Å². The minimum absolute atomic E-state index is 0.373. The van der Waals surface area contributed by atoms with Crippen molar-refractivity contribution in [2.75, 3.05) is 5.73 Å². The van der Waals surface area contributed by atoms with Gasteiger partial charge in [-0.1, -0.05) is 31.8 Å². The lowest BCUT2D eigenvalue weighted by Gasteiger charge is -2.30. The molecule has 90 valence electrons. The fraction of sp³-hybridized carbons (Fsp3) is 0.909. The van der Waals surface area contributed by atoms with Crippen molar-refractivity contribution in [1.29, 1.82) is 0 Å². The molecule has 1 aromatic rings. The SMILES string of the molecule is CC(C)CC1(Cn2nnnc2N)CCCC1. The summed E-state index contributed by atoms with van der Waals surface area (Å²) in [6, 6.07) is 0. The third kappa shape index (κ3) is 2.33. The van der Waals surface area contributed by atoms with Crippen LogP contribution in [0, 0.1) is 11.3 Å². The van der Waals surface area contributed by atoms with Crippen LogP contribution in [0.15, 0.2) is 0 Å². The molecule has 2 rings (SSSR count). The molecule has 1 aliphatic rings. The Labute approximate surface area is 96.4 Å². The molecule has 5 nitrogen and oxygen atoms in total. The van der Waals surface area contributed by atoms with Crippen LogP contribution in [0.3, 0.4) is 0 Å². The summed E-state index contributed by atoms with van der Waals surface area (Å²) in [5, 5.41) is 11.3. The average Bonchev–Trinajstić information content (AvgIpc) is 2.77. The number of tetrazole rings is 1. The van der Waals surface area contributed by atoms with Gasteiger partial charge in [0.1, 0.15) is 0 Å². The summed E-state index contributed by atoms with van der Waals surface area (Å²) in [5.74, 6) is 1.16. The number of nitrogen functional groups attached to an aromatic ring is 1. The summed E-state index contributed by atoms with van der Waals surface area (Å²) < 4.78 is 1.76. The molecule has 1 saturated carbocycles. The molecule has 2 N–H and O–H groups in total. The summed E-state index contributed by atoms with van der Waals surface area (Å²) in [5.41, 5.74) is 6.11. The molecular weight excluding hydrogens is 202 g/mol. The van der Waals surface area contributed by atoms with Gasteiger partial charge in [-0.05, 0) is 41.0 Å². The zero-order valence-corrected chi connectivity index (χ0v) is 10.2. The van der Waals surface area contributed by atoms with Crippen molar-refractivity contribution < 1.29 is 0 Å². The predicted octanol–water partition coefficient (Wildman–Crippen LogP) is 1.86. The van der Waals surface area contributed by atoms with E-state index < -0.39 is 0 Å². The van der Waals surface area contributed by atoms with E-state index in [2.05, 4.69) is 29.4 Å². The van der Waals surface area contributed by atoms with Gasteiger partial charge in [0.25, 0.3) is 0 Å². The highest BCUT2D eigenvalue weighted by Gasteiger charge is 2.35. The number of anilines is 1. The first-order chi connectivity index (χ1) is 7.61. The van der Waals surface area contributed by atoms with Crippen LogP contribution in [0.4, 0.5) is 5.95 Å². The Balaban J connectivity index is 2.11. The Hall–Kier alpha value is -1.13. The Morgan fingerprint density at radius 1 is 1.38 bits per heavy atom. The van der Waals surface area contributed by atoms with Crippen LogP contribution in [0.2, 0.25) is 0 Å². The van der Waals surface area contributed by atoms with Crippen molar-refractivity contribution in [2.45, 2.75) is 52.5 Å². The van der Waals surface area contributed by atoms with Gasteiger partial charge < -0.3 is 5.73 Å². The van der Waals surface area contributed by atoms with Crippen LogP contribution in [-0.2, 0) is 6.54 Å². The van der Waals surface area contributed by atoms with E-state index in [1.807, 2.05) is 0 Å². The standard InChI is InChI=1S/C11H21N5/c1-9(2)7-11(5-3-4-6-11)8-16-10(12)13-14-15-16/h9H,3-8H2,1-2H3,(H2,12,13,15). The second-order valence-corrected chi connectivity index (χ2v) is 5.50. The van der Waals surface area contributed by atoms with E-state index in [4.69, 9.17) is 5.73 Å². The summed E-state index contributed by atoms with van der Waals surface area (Å²) in [6.07, 6.45) is 6.46. The van der Waals surface area contributed by atoms with Crippen LogP contribution in [-0.4, -0.2) is 20.2 Å². The molecule has 5 heteroatoms. The lowest BCUT2D eigenvalue weighted by Crippen LogP contribution is -2.27. The highest BCUT2D eigenvalue weighted by Crippen LogP contribution is 2.44. The molecule has 1 aromatic heterocycles. The summed E-state index contributed by atoms with van der Waals surface area (Å²) in [7, 11) is 0. The van der Waals surface area contributed by atoms with Crippen molar-refractivity contribution in [3.8, 4) is 0 Å². The van der Waals surface area contributed by atoms with Gasteiger partial charge >= 0.3 is 0 Å². The minimum atomic E-state index is 0.373. The second-order valence-electron chi connectivity index (χ2n) is 5.50. The molecule has 0 bridgehead atoms. The monoisotopic (exact) mass is 223 g/mol. The van der Waals surface area contributed by atoms with Gasteiger partial charge in [-0.15, -0.1) is 0 Å². The van der Waals surface area contributed by atoms with Gasteiger partial charge in [0.15, 0.2) is 0 Å². The lowest BCUT2D eigenvalue weighted by molar-refractivity contribution is 0.189. The third-order valence-corrected chi connectivity index (χ3v) is 3.55. The van der Waals surface area contributed by atoms with Crippen molar-refractivity contribution in [3.05, 3.63) is 0 Å². The van der Waals surface area contributed by atoms with E-state index >= 15 is 0 Å². The number of nitrogens with two attached hydrogens (primary N) is 1. The highest BCUT2D eigenvalue weighted by atomic mass is 15.6. The van der Waals surface area contributed by atoms with E-state index in [0.717, 1.165) is 12.5 Å². The van der Waals surface area contributed by atoms with Crippen LogP contribution in [0.25, 0.3) is 0 Å². The number of rotatable bonds is 4. The third-order valence-electron chi connectivity index (χ3n) is 3.55. The summed E-state index contributed by atoms with van der Waals surface area (Å²) in [4.78, 5) is 0. The number of hydrogen-bond donors (Lipinski definition) is 1. The largest absolute Gasteiger partial charge is 0.367 e. The number of hydrogen-bond acceptors (Lipinski definition) is 4. The summed E-state index contributed by atoms with van der Waals surface area (Å²) >= 11 is 0. The molecule has 0 unspecified atom stereocenters. The molecule has 16 heavy (non-hydrogen) atoms. The highest BCUT2D eigenvalue weighted by molar-refractivity contribution is 5.10. The van der Waals surface area contributed by atoms with Crippen molar-refractivity contribution >= 4 is 5.95 Å². The molecule has 1 fully saturated rings. The molecule has 1 heterocycles. The van der Waals surface area contributed by atoms with Gasteiger partial charge in [0.05, 0.1) is 6.54 Å². The average molecular weight is 223 g/mol. The molecular formula is C11H21N5. The van der Waals surface area contributed by atoms with Gasteiger partial charge in [-0.3, -0.25) is 0 Å². The van der Waals surface area contributed by atoms with Gasteiger partial charge in [-0.25, -0.2) is 4.68 Å². The molecule has 0 atom stereocenters. The Bertz CT molecular complexity index is 338. The molecule has 0 saturated heterocycles. The van der Waals surface area contributed by atoms with Crippen molar-refractivity contribution in [1.82, 2.24) is 20.2 Å².